The lowest BCUT2D eigenvalue weighted by atomic mass is 10.0. The van der Waals surface area contributed by atoms with Gasteiger partial charge >= 0.3 is 5.97 Å². The lowest BCUT2D eigenvalue weighted by Gasteiger charge is -2.11. The number of aryl methyl sites for hydroxylation is 1. The third-order valence-corrected chi connectivity index (χ3v) is 7.76. The number of nitrogens with zero attached hydrogens (tertiary/aromatic N) is 3. The van der Waals surface area contributed by atoms with Crippen molar-refractivity contribution in [2.45, 2.75) is 26.4 Å². The highest BCUT2D eigenvalue weighted by atomic mass is 35.5. The maximum Gasteiger partial charge on any atom is 0.323 e. The smallest absolute Gasteiger partial charge is 0.323 e. The fourth-order valence-corrected chi connectivity index (χ4v) is 5.66. The first-order chi connectivity index (χ1) is 18.4. The standard InChI is InChI=1S/C28H23ClN4O4S/c1-2-18-14-20(26(36)19-8-4-5-9-21(19)29)28(38-18)32-12-11-30-24(32)15-31-27(37)23-13-17-7-3-6-10-22(17)33(23)16-25(34)35/h3-14H,2,15-16H2,1H3,(H,31,37)(H,34,35). The van der Waals surface area contributed by atoms with Gasteiger partial charge in [0.15, 0.2) is 5.78 Å². The lowest BCUT2D eigenvalue weighted by Crippen LogP contribution is -2.27. The summed E-state index contributed by atoms with van der Waals surface area (Å²) >= 11 is 7.79. The first-order valence-electron chi connectivity index (χ1n) is 11.9. The van der Waals surface area contributed by atoms with Crippen LogP contribution < -0.4 is 5.32 Å². The topological polar surface area (TPSA) is 106 Å². The Morgan fingerprint density at radius 1 is 1.05 bits per heavy atom. The third-order valence-electron chi connectivity index (χ3n) is 6.15. The molecule has 0 spiro atoms. The molecule has 1 amide bonds. The van der Waals surface area contributed by atoms with Gasteiger partial charge in [-0.15, -0.1) is 11.3 Å². The molecule has 0 fully saturated rings. The van der Waals surface area contributed by atoms with Crippen LogP contribution in [0.1, 0.15) is 44.0 Å². The van der Waals surface area contributed by atoms with E-state index in [9.17, 15) is 19.5 Å². The van der Waals surface area contributed by atoms with Gasteiger partial charge in [0.1, 0.15) is 23.1 Å². The van der Waals surface area contributed by atoms with E-state index < -0.39 is 11.9 Å². The van der Waals surface area contributed by atoms with Gasteiger partial charge in [0.2, 0.25) is 0 Å². The van der Waals surface area contributed by atoms with Crippen LogP contribution in [-0.2, 0) is 24.3 Å². The molecule has 5 rings (SSSR count). The Morgan fingerprint density at radius 3 is 2.58 bits per heavy atom. The molecular weight excluding hydrogens is 524 g/mol. The summed E-state index contributed by atoms with van der Waals surface area (Å²) in [5, 5.41) is 14.1. The molecule has 0 unspecified atom stereocenters. The summed E-state index contributed by atoms with van der Waals surface area (Å²) in [6.07, 6.45) is 4.11. The molecule has 0 bridgehead atoms. The van der Waals surface area contributed by atoms with Crippen LogP contribution in [0.3, 0.4) is 0 Å². The number of aliphatic carboxylic acids is 1. The van der Waals surface area contributed by atoms with E-state index in [0.717, 1.165) is 16.7 Å². The van der Waals surface area contributed by atoms with Crippen molar-refractivity contribution in [3.8, 4) is 5.00 Å². The summed E-state index contributed by atoms with van der Waals surface area (Å²) in [4.78, 5) is 43.5. The zero-order valence-electron chi connectivity index (χ0n) is 20.3. The van der Waals surface area contributed by atoms with Gasteiger partial charge in [0, 0.05) is 33.7 Å². The molecule has 8 nitrogen and oxygen atoms in total. The van der Waals surface area contributed by atoms with Crippen LogP contribution in [0, 0.1) is 0 Å². The van der Waals surface area contributed by atoms with Gasteiger partial charge in [-0.3, -0.25) is 19.0 Å². The van der Waals surface area contributed by atoms with Crippen LogP contribution in [-0.4, -0.2) is 36.9 Å². The molecule has 2 N–H and O–H groups in total. The van der Waals surface area contributed by atoms with E-state index in [1.165, 1.54) is 15.9 Å². The van der Waals surface area contributed by atoms with Crippen LogP contribution >= 0.6 is 22.9 Å². The van der Waals surface area contributed by atoms with E-state index in [4.69, 9.17) is 11.6 Å². The number of hydrogen-bond acceptors (Lipinski definition) is 5. The minimum absolute atomic E-state index is 0.0690. The molecule has 0 aliphatic carbocycles. The number of benzene rings is 2. The summed E-state index contributed by atoms with van der Waals surface area (Å²) in [5.41, 5.74) is 1.82. The molecule has 192 valence electrons. The summed E-state index contributed by atoms with van der Waals surface area (Å²) in [6, 6.07) is 17.7. The average Bonchev–Trinajstić information content (AvgIpc) is 3.64. The second-order valence-electron chi connectivity index (χ2n) is 8.56. The van der Waals surface area contributed by atoms with Crippen molar-refractivity contribution in [3.05, 3.63) is 106 Å². The number of imidazole rings is 1. The molecule has 10 heteroatoms. The fourth-order valence-electron chi connectivity index (χ4n) is 4.34. The molecule has 0 radical (unpaired) electrons. The van der Waals surface area contributed by atoms with Crippen molar-refractivity contribution < 1.29 is 19.5 Å². The Labute approximate surface area is 227 Å². The quantitative estimate of drug-likeness (QED) is 0.242. The normalized spacial score (nSPS) is 11.1. The third kappa shape index (κ3) is 4.85. The Morgan fingerprint density at radius 2 is 1.82 bits per heavy atom. The Bertz CT molecular complexity index is 1680. The molecule has 0 aliphatic rings. The summed E-state index contributed by atoms with van der Waals surface area (Å²) < 4.78 is 3.27. The molecule has 0 atom stereocenters. The number of para-hydroxylation sites is 1. The zero-order chi connectivity index (χ0) is 26.8. The van der Waals surface area contributed by atoms with Crippen molar-refractivity contribution in [2.75, 3.05) is 0 Å². The Hall–Kier alpha value is -4.21. The van der Waals surface area contributed by atoms with Crippen molar-refractivity contribution >= 4 is 51.5 Å². The van der Waals surface area contributed by atoms with Crippen molar-refractivity contribution in [2.24, 2.45) is 0 Å². The number of rotatable bonds is 9. The van der Waals surface area contributed by atoms with Crippen LogP contribution in [0.4, 0.5) is 0 Å². The van der Waals surface area contributed by atoms with Crippen LogP contribution in [0.15, 0.2) is 73.1 Å². The van der Waals surface area contributed by atoms with Gasteiger partial charge in [0.25, 0.3) is 5.91 Å². The number of carboxylic acids is 1. The number of halogens is 1. The van der Waals surface area contributed by atoms with E-state index in [-0.39, 0.29) is 24.6 Å². The molecule has 38 heavy (non-hydrogen) atoms. The number of thiophene rings is 1. The molecular formula is C28H23ClN4O4S. The minimum atomic E-state index is -1.05. The van der Waals surface area contributed by atoms with E-state index >= 15 is 0 Å². The summed E-state index contributed by atoms with van der Waals surface area (Å²) in [5.74, 6) is -1.14. The summed E-state index contributed by atoms with van der Waals surface area (Å²) in [6.45, 7) is 1.75. The molecule has 3 aromatic heterocycles. The van der Waals surface area contributed by atoms with Crippen LogP contribution in [0.5, 0.6) is 0 Å². The van der Waals surface area contributed by atoms with E-state index in [1.807, 2.05) is 25.1 Å². The molecule has 0 saturated heterocycles. The first-order valence-corrected chi connectivity index (χ1v) is 13.1. The van der Waals surface area contributed by atoms with Gasteiger partial charge < -0.3 is 15.0 Å². The predicted octanol–water partition coefficient (Wildman–Crippen LogP) is 5.35. The van der Waals surface area contributed by atoms with Gasteiger partial charge in [0.05, 0.1) is 17.1 Å². The highest BCUT2D eigenvalue weighted by Crippen LogP contribution is 2.31. The predicted molar refractivity (Wildman–Crippen MR) is 146 cm³/mol. The second-order valence-corrected chi connectivity index (χ2v) is 10.1. The number of amides is 1. The number of hydrogen-bond donors (Lipinski definition) is 2. The number of ketones is 1. The monoisotopic (exact) mass is 546 g/mol. The van der Waals surface area contributed by atoms with Gasteiger partial charge in [-0.2, -0.15) is 0 Å². The lowest BCUT2D eigenvalue weighted by molar-refractivity contribution is -0.137. The van der Waals surface area contributed by atoms with Gasteiger partial charge in [-0.1, -0.05) is 48.9 Å². The van der Waals surface area contributed by atoms with Crippen molar-refractivity contribution in [1.29, 1.82) is 0 Å². The fraction of sp³-hybridized carbons (Fsp3) is 0.143. The maximum absolute atomic E-state index is 13.5. The largest absolute Gasteiger partial charge is 0.480 e. The minimum Gasteiger partial charge on any atom is -0.480 e. The second kappa shape index (κ2) is 10.6. The summed E-state index contributed by atoms with van der Waals surface area (Å²) in [7, 11) is 0. The van der Waals surface area contributed by atoms with Gasteiger partial charge in [-0.05, 0) is 36.8 Å². The SMILES string of the molecule is CCc1cc(C(=O)c2ccccc2Cl)c(-n2ccnc2CNC(=O)c2cc3ccccc3n2CC(=O)O)s1. The van der Waals surface area contributed by atoms with E-state index in [2.05, 4.69) is 10.3 Å². The molecule has 0 saturated carbocycles. The Kier molecular flexibility index (Phi) is 7.13. The number of carbonyl (C=O) groups excluding carboxylic acids is 2. The number of carboxylic acid groups (broad SMARTS) is 1. The molecule has 3 heterocycles. The molecule has 5 aromatic rings. The van der Waals surface area contributed by atoms with E-state index in [1.54, 1.807) is 59.4 Å². The number of carbonyl (C=O) groups is 3. The highest BCUT2D eigenvalue weighted by molar-refractivity contribution is 7.15. The van der Waals surface area contributed by atoms with Crippen molar-refractivity contribution in [1.82, 2.24) is 19.4 Å². The van der Waals surface area contributed by atoms with Gasteiger partial charge in [-0.25, -0.2) is 4.98 Å². The van der Waals surface area contributed by atoms with Crippen LogP contribution in [0.25, 0.3) is 15.9 Å². The zero-order valence-corrected chi connectivity index (χ0v) is 21.9. The highest BCUT2D eigenvalue weighted by Gasteiger charge is 2.23. The number of aromatic nitrogens is 3. The molecule has 2 aromatic carbocycles. The van der Waals surface area contributed by atoms with Crippen molar-refractivity contribution in [3.63, 3.8) is 0 Å². The van der Waals surface area contributed by atoms with Crippen LogP contribution in [0.2, 0.25) is 5.02 Å². The maximum atomic E-state index is 13.5. The molecule has 0 aliphatic heterocycles. The average molecular weight is 547 g/mol. The number of fused-ring (bicyclic) bond motifs is 1. The number of nitrogens with one attached hydrogen (secondary N) is 1. The Balaban J connectivity index is 1.44. The first kappa shape index (κ1) is 25.4. The van der Waals surface area contributed by atoms with E-state index in [0.29, 0.717) is 32.5 Å².